The van der Waals surface area contributed by atoms with Crippen molar-refractivity contribution >= 4 is 5.69 Å². The summed E-state index contributed by atoms with van der Waals surface area (Å²) in [5.41, 5.74) is 1.41. The normalized spacial score (nSPS) is 12.6. The van der Waals surface area contributed by atoms with Gasteiger partial charge in [-0.25, -0.2) is 4.39 Å². The monoisotopic (exact) mass is 197 g/mol. The van der Waals surface area contributed by atoms with Crippen molar-refractivity contribution in [3.8, 4) is 0 Å². The molecule has 2 nitrogen and oxygen atoms in total. The molecule has 0 aromatic heterocycles. The Labute approximate surface area is 84.0 Å². The molecule has 0 amide bonds. The first-order valence-electron chi connectivity index (χ1n) is 4.64. The summed E-state index contributed by atoms with van der Waals surface area (Å²) < 4.78 is 13.5. The van der Waals surface area contributed by atoms with Crippen LogP contribution in [-0.4, -0.2) is 25.8 Å². The van der Waals surface area contributed by atoms with Gasteiger partial charge in [-0.1, -0.05) is 19.1 Å². The first-order valence-corrected chi connectivity index (χ1v) is 4.64. The third-order valence-electron chi connectivity index (χ3n) is 2.27. The lowest BCUT2D eigenvalue weighted by atomic mass is 9.99. The van der Waals surface area contributed by atoms with E-state index < -0.39 is 0 Å². The van der Waals surface area contributed by atoms with Crippen molar-refractivity contribution in [3.05, 3.63) is 29.6 Å². The van der Waals surface area contributed by atoms with Gasteiger partial charge >= 0.3 is 0 Å². The van der Waals surface area contributed by atoms with Gasteiger partial charge in [-0.15, -0.1) is 0 Å². The number of halogens is 1. The number of anilines is 1. The van der Waals surface area contributed by atoms with Crippen LogP contribution >= 0.6 is 0 Å². The van der Waals surface area contributed by atoms with Crippen molar-refractivity contribution in [2.45, 2.75) is 12.8 Å². The molecular formula is C11H16FNO. The molecule has 0 radical (unpaired) electrons. The molecule has 0 aliphatic heterocycles. The summed E-state index contributed by atoms with van der Waals surface area (Å²) in [6.45, 7) is 1.91. The van der Waals surface area contributed by atoms with E-state index in [9.17, 15) is 4.39 Å². The molecule has 0 aliphatic rings. The largest absolute Gasteiger partial charge is 0.396 e. The number of para-hydroxylation sites is 1. The molecule has 0 heterocycles. The molecule has 78 valence electrons. The lowest BCUT2D eigenvalue weighted by Gasteiger charge is -2.21. The quantitative estimate of drug-likeness (QED) is 0.801. The fraction of sp³-hybridized carbons (Fsp3) is 0.455. The molecule has 0 aliphatic carbocycles. The van der Waals surface area contributed by atoms with E-state index in [-0.39, 0.29) is 18.3 Å². The minimum atomic E-state index is -0.243. The number of hydrogen-bond acceptors (Lipinski definition) is 2. The molecule has 14 heavy (non-hydrogen) atoms. The number of hydrogen-bond donors (Lipinski definition) is 1. The summed E-state index contributed by atoms with van der Waals surface area (Å²) in [6.07, 6.45) is 0. The summed E-state index contributed by atoms with van der Waals surface area (Å²) in [5, 5.41) is 9.04. The van der Waals surface area contributed by atoms with Gasteiger partial charge in [-0.2, -0.15) is 0 Å². The van der Waals surface area contributed by atoms with E-state index in [1.165, 1.54) is 6.07 Å². The van der Waals surface area contributed by atoms with Crippen molar-refractivity contribution in [2.75, 3.05) is 25.6 Å². The van der Waals surface area contributed by atoms with Crippen LogP contribution in [0.15, 0.2) is 18.2 Å². The molecule has 1 atom stereocenters. The zero-order chi connectivity index (χ0) is 10.7. The maximum Gasteiger partial charge on any atom is 0.146 e. The standard InChI is InChI=1S/C11H16FNO/c1-8(7-14)9-5-4-6-10(12)11(9)13(2)3/h4-6,8,14H,7H2,1-3H3. The number of aliphatic hydroxyl groups excluding tert-OH is 1. The number of aliphatic hydroxyl groups is 1. The second-order valence-corrected chi connectivity index (χ2v) is 3.66. The summed E-state index contributed by atoms with van der Waals surface area (Å²) in [4.78, 5) is 1.73. The van der Waals surface area contributed by atoms with Crippen molar-refractivity contribution in [1.29, 1.82) is 0 Å². The van der Waals surface area contributed by atoms with Crippen LogP contribution in [0, 0.1) is 5.82 Å². The number of rotatable bonds is 3. The minimum Gasteiger partial charge on any atom is -0.396 e. The van der Waals surface area contributed by atoms with Gasteiger partial charge in [0.05, 0.1) is 5.69 Å². The lowest BCUT2D eigenvalue weighted by Crippen LogP contribution is -2.15. The molecule has 1 rings (SSSR count). The van der Waals surface area contributed by atoms with Gasteiger partial charge in [0.2, 0.25) is 0 Å². The van der Waals surface area contributed by atoms with Crippen LogP contribution in [0.3, 0.4) is 0 Å². The van der Waals surface area contributed by atoms with Crippen LogP contribution in [0.25, 0.3) is 0 Å². The molecule has 1 unspecified atom stereocenters. The molecule has 1 N–H and O–H groups in total. The average molecular weight is 197 g/mol. The zero-order valence-electron chi connectivity index (χ0n) is 8.79. The summed E-state index contributed by atoms with van der Waals surface area (Å²) in [6, 6.07) is 4.95. The van der Waals surface area contributed by atoms with Crippen LogP contribution in [0.1, 0.15) is 18.4 Å². The molecule has 1 aromatic rings. The Balaban J connectivity index is 3.21. The second-order valence-electron chi connectivity index (χ2n) is 3.66. The van der Waals surface area contributed by atoms with Gasteiger partial charge in [-0.3, -0.25) is 0 Å². The van der Waals surface area contributed by atoms with E-state index >= 15 is 0 Å². The van der Waals surface area contributed by atoms with E-state index in [0.717, 1.165) is 5.56 Å². The van der Waals surface area contributed by atoms with Crippen molar-refractivity contribution in [3.63, 3.8) is 0 Å². The first kappa shape index (κ1) is 11.0. The van der Waals surface area contributed by atoms with Crippen molar-refractivity contribution in [1.82, 2.24) is 0 Å². The second kappa shape index (κ2) is 4.42. The Morgan fingerprint density at radius 2 is 2.07 bits per heavy atom. The highest BCUT2D eigenvalue weighted by atomic mass is 19.1. The fourth-order valence-electron chi connectivity index (χ4n) is 1.50. The van der Waals surface area contributed by atoms with Gasteiger partial charge < -0.3 is 10.0 Å². The van der Waals surface area contributed by atoms with E-state index in [1.807, 2.05) is 13.0 Å². The Hall–Kier alpha value is -1.09. The maximum atomic E-state index is 13.5. The number of nitrogens with zero attached hydrogens (tertiary/aromatic N) is 1. The molecule has 3 heteroatoms. The molecule has 0 bridgehead atoms. The fourth-order valence-corrected chi connectivity index (χ4v) is 1.50. The Morgan fingerprint density at radius 1 is 1.43 bits per heavy atom. The molecule has 0 fully saturated rings. The van der Waals surface area contributed by atoms with Crippen molar-refractivity contribution < 1.29 is 9.50 Å². The van der Waals surface area contributed by atoms with Gasteiger partial charge in [0, 0.05) is 26.6 Å². The smallest absolute Gasteiger partial charge is 0.146 e. The van der Waals surface area contributed by atoms with Crippen molar-refractivity contribution in [2.24, 2.45) is 0 Å². The summed E-state index contributed by atoms with van der Waals surface area (Å²) in [5.74, 6) is -0.282. The van der Waals surface area contributed by atoms with Crippen LogP contribution in [0.5, 0.6) is 0 Å². The molecule has 0 saturated carbocycles. The Morgan fingerprint density at radius 3 is 2.57 bits per heavy atom. The van der Waals surface area contributed by atoms with Gasteiger partial charge in [0.1, 0.15) is 5.82 Å². The van der Waals surface area contributed by atoms with Gasteiger partial charge in [0.25, 0.3) is 0 Å². The minimum absolute atomic E-state index is 0.0320. The number of benzene rings is 1. The predicted molar refractivity (Wildman–Crippen MR) is 56.2 cm³/mol. The maximum absolute atomic E-state index is 13.5. The topological polar surface area (TPSA) is 23.5 Å². The van der Waals surface area contributed by atoms with Gasteiger partial charge in [-0.05, 0) is 11.6 Å². The first-order chi connectivity index (χ1) is 6.57. The average Bonchev–Trinajstić information content (AvgIpc) is 2.15. The third kappa shape index (κ3) is 2.04. The summed E-state index contributed by atoms with van der Waals surface area (Å²) >= 11 is 0. The van der Waals surface area contributed by atoms with E-state index in [4.69, 9.17) is 5.11 Å². The highest BCUT2D eigenvalue weighted by Crippen LogP contribution is 2.28. The highest BCUT2D eigenvalue weighted by Gasteiger charge is 2.14. The molecular weight excluding hydrogens is 181 g/mol. The van der Waals surface area contributed by atoms with E-state index in [1.54, 1.807) is 25.1 Å². The van der Waals surface area contributed by atoms with Crippen LogP contribution in [0.4, 0.5) is 10.1 Å². The Kier molecular flexibility index (Phi) is 3.47. The van der Waals surface area contributed by atoms with Crippen LogP contribution in [-0.2, 0) is 0 Å². The predicted octanol–water partition coefficient (Wildman–Crippen LogP) is 1.99. The van der Waals surface area contributed by atoms with Crippen LogP contribution < -0.4 is 4.90 Å². The van der Waals surface area contributed by atoms with Gasteiger partial charge in [0.15, 0.2) is 0 Å². The highest BCUT2D eigenvalue weighted by molar-refractivity contribution is 5.55. The molecule has 1 aromatic carbocycles. The third-order valence-corrected chi connectivity index (χ3v) is 2.27. The SMILES string of the molecule is CC(CO)c1cccc(F)c1N(C)C. The molecule has 0 spiro atoms. The Bertz CT molecular complexity index is 312. The zero-order valence-corrected chi connectivity index (χ0v) is 8.79. The van der Waals surface area contributed by atoms with Crippen LogP contribution in [0.2, 0.25) is 0 Å². The van der Waals surface area contributed by atoms with E-state index in [2.05, 4.69) is 0 Å². The van der Waals surface area contributed by atoms with E-state index in [0.29, 0.717) is 5.69 Å². The molecule has 0 saturated heterocycles. The summed E-state index contributed by atoms with van der Waals surface area (Å²) in [7, 11) is 3.60. The lowest BCUT2D eigenvalue weighted by molar-refractivity contribution is 0.273.